The maximum absolute atomic E-state index is 10.1. The van der Waals surface area contributed by atoms with Crippen molar-refractivity contribution >= 4 is 23.2 Å². The SMILES string of the molecule is Cc1ccc(-c2nnn(C[C@H](O)COc3cc(Cl)ccc3Cl)n2)cc1. The summed E-state index contributed by atoms with van der Waals surface area (Å²) in [4.78, 5) is 1.34. The Kier molecular flexibility index (Phi) is 5.53. The van der Waals surface area contributed by atoms with Crippen LogP contribution in [0.2, 0.25) is 10.0 Å². The predicted molar refractivity (Wildman–Crippen MR) is 96.0 cm³/mol. The average molecular weight is 379 g/mol. The third kappa shape index (κ3) is 4.69. The molecule has 0 unspecified atom stereocenters. The van der Waals surface area contributed by atoms with Gasteiger partial charge in [0.25, 0.3) is 0 Å². The summed E-state index contributed by atoms with van der Waals surface area (Å²) >= 11 is 11.9. The molecule has 8 heteroatoms. The largest absolute Gasteiger partial charge is 0.489 e. The van der Waals surface area contributed by atoms with Crippen molar-refractivity contribution in [1.82, 2.24) is 20.2 Å². The number of nitrogens with zero attached hydrogens (tertiary/aromatic N) is 4. The van der Waals surface area contributed by atoms with E-state index in [2.05, 4.69) is 15.4 Å². The summed E-state index contributed by atoms with van der Waals surface area (Å²) in [5, 5.41) is 23.3. The standard InChI is InChI=1S/C17H16Cl2N4O2/c1-11-2-4-12(5-3-11)17-20-22-23(21-17)9-14(24)10-25-16-8-13(18)6-7-15(16)19/h2-8,14,24H,9-10H2,1H3/t14-/m0/s1. The second kappa shape index (κ2) is 7.82. The summed E-state index contributed by atoms with van der Waals surface area (Å²) in [5.41, 5.74) is 2.02. The van der Waals surface area contributed by atoms with Gasteiger partial charge in [-0.1, -0.05) is 53.0 Å². The molecule has 0 aliphatic rings. The van der Waals surface area contributed by atoms with Gasteiger partial charge in [0.2, 0.25) is 5.82 Å². The van der Waals surface area contributed by atoms with Crippen LogP contribution < -0.4 is 4.74 Å². The number of aromatic nitrogens is 4. The van der Waals surface area contributed by atoms with Gasteiger partial charge in [0, 0.05) is 16.7 Å². The number of ether oxygens (including phenoxy) is 1. The molecule has 0 saturated heterocycles. The molecule has 0 bridgehead atoms. The first kappa shape index (κ1) is 17.7. The third-order valence-corrected chi connectivity index (χ3v) is 4.01. The summed E-state index contributed by atoms with van der Waals surface area (Å²) in [7, 11) is 0. The first-order valence-corrected chi connectivity index (χ1v) is 8.37. The van der Waals surface area contributed by atoms with E-state index in [1.165, 1.54) is 4.80 Å². The third-order valence-electron chi connectivity index (χ3n) is 3.46. The molecule has 1 atom stereocenters. The first-order chi connectivity index (χ1) is 12.0. The molecule has 0 aliphatic carbocycles. The Morgan fingerprint density at radius 1 is 1.16 bits per heavy atom. The highest BCUT2D eigenvalue weighted by molar-refractivity contribution is 6.34. The van der Waals surface area contributed by atoms with Crippen molar-refractivity contribution in [2.24, 2.45) is 0 Å². The number of hydrogen-bond donors (Lipinski definition) is 1. The minimum atomic E-state index is -0.824. The number of aliphatic hydroxyl groups is 1. The lowest BCUT2D eigenvalue weighted by Crippen LogP contribution is -2.25. The van der Waals surface area contributed by atoms with E-state index in [0.717, 1.165) is 11.1 Å². The number of hydrogen-bond acceptors (Lipinski definition) is 5. The van der Waals surface area contributed by atoms with Gasteiger partial charge in [-0.15, -0.1) is 10.2 Å². The molecule has 0 saturated carbocycles. The quantitative estimate of drug-likeness (QED) is 0.711. The van der Waals surface area contributed by atoms with Crippen LogP contribution in [0.15, 0.2) is 42.5 Å². The molecule has 0 radical (unpaired) electrons. The lowest BCUT2D eigenvalue weighted by Gasteiger charge is -2.12. The molecule has 6 nitrogen and oxygen atoms in total. The van der Waals surface area contributed by atoms with Crippen LogP contribution in [-0.2, 0) is 6.54 Å². The average Bonchev–Trinajstić information content (AvgIpc) is 3.05. The van der Waals surface area contributed by atoms with Crippen molar-refractivity contribution in [3.63, 3.8) is 0 Å². The Labute approximate surface area is 155 Å². The molecule has 0 amide bonds. The Morgan fingerprint density at radius 2 is 1.92 bits per heavy atom. The molecule has 3 rings (SSSR count). The summed E-state index contributed by atoms with van der Waals surface area (Å²) in [6.45, 7) is 2.19. The van der Waals surface area contributed by atoms with Gasteiger partial charge in [-0.3, -0.25) is 0 Å². The second-order valence-corrected chi connectivity index (χ2v) is 6.42. The van der Waals surface area contributed by atoms with Crippen molar-refractivity contribution in [2.75, 3.05) is 6.61 Å². The Hall–Kier alpha value is -2.15. The molecule has 0 fully saturated rings. The molecule has 25 heavy (non-hydrogen) atoms. The maximum Gasteiger partial charge on any atom is 0.204 e. The fourth-order valence-electron chi connectivity index (χ4n) is 2.15. The Balaban J connectivity index is 1.59. The topological polar surface area (TPSA) is 73.1 Å². The van der Waals surface area contributed by atoms with E-state index in [1.54, 1.807) is 18.2 Å². The van der Waals surface area contributed by atoms with Crippen LogP contribution >= 0.6 is 23.2 Å². The molecule has 1 aromatic heterocycles. The summed E-state index contributed by atoms with van der Waals surface area (Å²) < 4.78 is 5.50. The van der Waals surface area contributed by atoms with Crippen LogP contribution in [0.3, 0.4) is 0 Å². The van der Waals surface area contributed by atoms with Gasteiger partial charge >= 0.3 is 0 Å². The summed E-state index contributed by atoms with van der Waals surface area (Å²) in [6.07, 6.45) is -0.824. The zero-order valence-electron chi connectivity index (χ0n) is 13.4. The van der Waals surface area contributed by atoms with E-state index in [-0.39, 0.29) is 13.2 Å². The molecule has 1 heterocycles. The highest BCUT2D eigenvalue weighted by atomic mass is 35.5. The second-order valence-electron chi connectivity index (χ2n) is 5.57. The number of tetrazole rings is 1. The number of benzene rings is 2. The smallest absolute Gasteiger partial charge is 0.204 e. The van der Waals surface area contributed by atoms with Gasteiger partial charge in [-0.25, -0.2) is 0 Å². The lowest BCUT2D eigenvalue weighted by atomic mass is 10.1. The van der Waals surface area contributed by atoms with Crippen LogP contribution in [0, 0.1) is 6.92 Å². The molecule has 0 spiro atoms. The van der Waals surface area contributed by atoms with Gasteiger partial charge < -0.3 is 9.84 Å². The van der Waals surface area contributed by atoms with E-state index < -0.39 is 6.10 Å². The number of aliphatic hydroxyl groups excluding tert-OH is 1. The van der Waals surface area contributed by atoms with Gasteiger partial charge in [0.1, 0.15) is 18.5 Å². The monoisotopic (exact) mass is 378 g/mol. The predicted octanol–water partition coefficient (Wildman–Crippen LogP) is 3.40. The minimum Gasteiger partial charge on any atom is -0.489 e. The van der Waals surface area contributed by atoms with E-state index in [0.29, 0.717) is 21.6 Å². The normalized spacial score (nSPS) is 12.2. The van der Waals surface area contributed by atoms with Crippen molar-refractivity contribution in [3.8, 4) is 17.1 Å². The van der Waals surface area contributed by atoms with Crippen LogP contribution in [-0.4, -0.2) is 38.0 Å². The zero-order valence-corrected chi connectivity index (χ0v) is 14.9. The number of rotatable bonds is 6. The molecule has 130 valence electrons. The maximum atomic E-state index is 10.1. The van der Waals surface area contributed by atoms with Crippen molar-refractivity contribution in [2.45, 2.75) is 19.6 Å². The van der Waals surface area contributed by atoms with Crippen molar-refractivity contribution < 1.29 is 9.84 Å². The van der Waals surface area contributed by atoms with Crippen molar-refractivity contribution in [1.29, 1.82) is 0 Å². The lowest BCUT2D eigenvalue weighted by molar-refractivity contribution is 0.0850. The molecule has 0 aliphatic heterocycles. The van der Waals surface area contributed by atoms with Crippen LogP contribution in [0.1, 0.15) is 5.56 Å². The van der Waals surface area contributed by atoms with Crippen LogP contribution in [0.4, 0.5) is 0 Å². The minimum absolute atomic E-state index is 0.0292. The van der Waals surface area contributed by atoms with Gasteiger partial charge in [0.15, 0.2) is 0 Å². The Bertz CT molecular complexity index is 852. The van der Waals surface area contributed by atoms with E-state index >= 15 is 0 Å². The van der Waals surface area contributed by atoms with Crippen molar-refractivity contribution in [3.05, 3.63) is 58.1 Å². The molecule has 2 aromatic carbocycles. The molecular formula is C17H16Cl2N4O2. The Morgan fingerprint density at radius 3 is 2.68 bits per heavy atom. The van der Waals surface area contributed by atoms with Gasteiger partial charge in [0.05, 0.1) is 11.6 Å². The van der Waals surface area contributed by atoms with E-state index in [4.69, 9.17) is 27.9 Å². The summed E-state index contributed by atoms with van der Waals surface area (Å²) in [6, 6.07) is 12.7. The molecule has 3 aromatic rings. The number of halogens is 2. The zero-order chi connectivity index (χ0) is 17.8. The van der Waals surface area contributed by atoms with Crippen LogP contribution in [0.25, 0.3) is 11.4 Å². The first-order valence-electron chi connectivity index (χ1n) is 7.62. The fourth-order valence-corrected chi connectivity index (χ4v) is 2.49. The highest BCUT2D eigenvalue weighted by Crippen LogP contribution is 2.27. The van der Waals surface area contributed by atoms with E-state index in [9.17, 15) is 5.11 Å². The fraction of sp³-hybridized carbons (Fsp3) is 0.235. The summed E-state index contributed by atoms with van der Waals surface area (Å²) in [5.74, 6) is 0.922. The van der Waals surface area contributed by atoms with Crippen LogP contribution in [0.5, 0.6) is 5.75 Å². The number of aryl methyl sites for hydroxylation is 1. The molecular weight excluding hydrogens is 363 g/mol. The van der Waals surface area contributed by atoms with Gasteiger partial charge in [-0.05, 0) is 24.3 Å². The van der Waals surface area contributed by atoms with E-state index in [1.807, 2.05) is 31.2 Å². The van der Waals surface area contributed by atoms with Gasteiger partial charge in [-0.2, -0.15) is 4.80 Å². The highest BCUT2D eigenvalue weighted by Gasteiger charge is 2.12. The molecule has 1 N–H and O–H groups in total.